The Hall–Kier alpha value is -3.28. The van der Waals surface area contributed by atoms with Crippen molar-refractivity contribution in [3.8, 4) is 0 Å². The molecule has 0 saturated heterocycles. The van der Waals surface area contributed by atoms with Gasteiger partial charge in [-0.15, -0.1) is 0 Å². The fraction of sp³-hybridized carbons (Fsp3) is 0.190. The molecule has 0 atom stereocenters. The number of aromatic nitrogens is 2. The molecule has 0 aliphatic carbocycles. The van der Waals surface area contributed by atoms with Crippen molar-refractivity contribution in [2.75, 3.05) is 18.9 Å². The molecule has 2 aromatic carbocycles. The second kappa shape index (κ2) is 8.89. The molecule has 1 N–H and O–H groups in total. The molecule has 6 heteroatoms. The van der Waals surface area contributed by atoms with Crippen LogP contribution in [0, 0.1) is 5.82 Å². The minimum absolute atomic E-state index is 0.191. The highest BCUT2D eigenvalue weighted by Gasteiger charge is 2.14. The number of hydrogen-bond acceptors (Lipinski definition) is 4. The highest BCUT2D eigenvalue weighted by Crippen LogP contribution is 2.09. The van der Waals surface area contributed by atoms with Crippen LogP contribution in [0.3, 0.4) is 0 Å². The maximum absolute atomic E-state index is 13.6. The quantitative estimate of drug-likeness (QED) is 0.697. The van der Waals surface area contributed by atoms with Crippen LogP contribution >= 0.6 is 0 Å². The summed E-state index contributed by atoms with van der Waals surface area (Å²) in [5.74, 6) is 0.144. The number of hydrogen-bond donors (Lipinski definition) is 1. The van der Waals surface area contributed by atoms with Gasteiger partial charge >= 0.3 is 0 Å². The van der Waals surface area contributed by atoms with E-state index in [9.17, 15) is 9.18 Å². The summed E-state index contributed by atoms with van der Waals surface area (Å²) in [5, 5.41) is 3.09. The van der Waals surface area contributed by atoms with Gasteiger partial charge < -0.3 is 10.2 Å². The van der Waals surface area contributed by atoms with Crippen molar-refractivity contribution < 1.29 is 9.18 Å². The molecule has 0 saturated carbocycles. The second-order valence-electron chi connectivity index (χ2n) is 6.20. The van der Waals surface area contributed by atoms with Gasteiger partial charge in [0.2, 0.25) is 0 Å². The summed E-state index contributed by atoms with van der Waals surface area (Å²) in [4.78, 5) is 22.5. The summed E-state index contributed by atoms with van der Waals surface area (Å²) in [5.41, 5.74) is 1.98. The Morgan fingerprint density at radius 3 is 2.48 bits per heavy atom. The Bertz CT molecular complexity index is 884. The average Bonchev–Trinajstić information content (AvgIpc) is 2.70. The molecule has 0 fully saturated rings. The van der Waals surface area contributed by atoms with Crippen LogP contribution in [0.5, 0.6) is 0 Å². The summed E-state index contributed by atoms with van der Waals surface area (Å²) in [6.07, 6.45) is 3.51. The van der Waals surface area contributed by atoms with E-state index in [0.29, 0.717) is 30.9 Å². The molecule has 0 spiro atoms. The monoisotopic (exact) mass is 364 g/mol. The van der Waals surface area contributed by atoms with Crippen LogP contribution in [-0.4, -0.2) is 34.4 Å². The van der Waals surface area contributed by atoms with Crippen molar-refractivity contribution in [2.45, 2.75) is 13.0 Å². The summed E-state index contributed by atoms with van der Waals surface area (Å²) in [6, 6.07) is 16.4. The first-order chi connectivity index (χ1) is 13.1. The van der Waals surface area contributed by atoms with Crippen molar-refractivity contribution in [1.82, 2.24) is 14.9 Å². The highest BCUT2D eigenvalue weighted by molar-refractivity contribution is 5.91. The van der Waals surface area contributed by atoms with Gasteiger partial charge in [0.25, 0.3) is 5.91 Å². The van der Waals surface area contributed by atoms with E-state index in [-0.39, 0.29) is 17.4 Å². The Morgan fingerprint density at radius 1 is 1.04 bits per heavy atom. The molecule has 1 amide bonds. The smallest absolute Gasteiger partial charge is 0.274 e. The fourth-order valence-electron chi connectivity index (χ4n) is 2.68. The average molecular weight is 364 g/mol. The number of halogens is 1. The molecule has 0 aliphatic heterocycles. The van der Waals surface area contributed by atoms with Crippen LogP contribution in [-0.2, 0) is 13.0 Å². The lowest BCUT2D eigenvalue weighted by atomic mass is 10.1. The summed E-state index contributed by atoms with van der Waals surface area (Å²) in [7, 11) is 1.73. The number of benzene rings is 2. The van der Waals surface area contributed by atoms with E-state index in [2.05, 4.69) is 15.3 Å². The van der Waals surface area contributed by atoms with Crippen LogP contribution in [0.4, 0.5) is 10.2 Å². The molecule has 0 radical (unpaired) electrons. The molecule has 0 aliphatic rings. The molecule has 3 rings (SSSR count). The lowest BCUT2D eigenvalue weighted by Gasteiger charge is -2.16. The summed E-state index contributed by atoms with van der Waals surface area (Å²) >= 11 is 0. The molecular weight excluding hydrogens is 343 g/mol. The first-order valence-corrected chi connectivity index (χ1v) is 8.72. The van der Waals surface area contributed by atoms with Gasteiger partial charge in [-0.3, -0.25) is 4.79 Å². The SMILES string of the molecule is CN(Cc1ccccc1)C(=O)c1cnc(NCCc2ccccc2F)cn1. The topological polar surface area (TPSA) is 58.1 Å². The molecule has 0 unspecified atom stereocenters. The van der Waals surface area contributed by atoms with Crippen LogP contribution < -0.4 is 5.32 Å². The number of anilines is 1. The molecule has 3 aromatic rings. The number of carbonyl (C=O) groups excluding carboxylic acids is 1. The van der Waals surface area contributed by atoms with Crippen molar-refractivity contribution >= 4 is 11.7 Å². The molecule has 1 aromatic heterocycles. The van der Waals surface area contributed by atoms with Crippen molar-refractivity contribution in [3.63, 3.8) is 0 Å². The first kappa shape index (κ1) is 18.5. The van der Waals surface area contributed by atoms with Crippen LogP contribution in [0.15, 0.2) is 67.0 Å². The fourth-order valence-corrected chi connectivity index (χ4v) is 2.68. The largest absolute Gasteiger partial charge is 0.368 e. The molecule has 27 heavy (non-hydrogen) atoms. The van der Waals surface area contributed by atoms with Gasteiger partial charge in [0.15, 0.2) is 0 Å². The Balaban J connectivity index is 1.53. The number of rotatable bonds is 7. The lowest BCUT2D eigenvalue weighted by molar-refractivity contribution is 0.0779. The predicted molar refractivity (Wildman–Crippen MR) is 103 cm³/mol. The number of nitrogens with zero attached hydrogens (tertiary/aromatic N) is 3. The minimum Gasteiger partial charge on any atom is -0.368 e. The van der Waals surface area contributed by atoms with E-state index in [1.54, 1.807) is 24.1 Å². The zero-order valence-electron chi connectivity index (χ0n) is 15.1. The van der Waals surface area contributed by atoms with Gasteiger partial charge in [0.1, 0.15) is 17.3 Å². The van der Waals surface area contributed by atoms with Gasteiger partial charge in [-0.2, -0.15) is 0 Å². The summed E-state index contributed by atoms with van der Waals surface area (Å²) < 4.78 is 13.6. The standard InChI is InChI=1S/C21H21FN4O/c1-26(15-16-7-3-2-4-8-16)21(27)19-13-25-20(14-24-19)23-12-11-17-9-5-6-10-18(17)22/h2-10,13-14H,11-12,15H2,1H3,(H,23,25). The van der Waals surface area contributed by atoms with Gasteiger partial charge in [-0.05, 0) is 23.6 Å². The Labute approximate surface area is 157 Å². The number of carbonyl (C=O) groups is 1. The first-order valence-electron chi connectivity index (χ1n) is 8.72. The van der Waals surface area contributed by atoms with Crippen molar-refractivity contribution in [3.05, 3.63) is 89.6 Å². The van der Waals surface area contributed by atoms with Crippen molar-refractivity contribution in [1.29, 1.82) is 0 Å². The van der Waals surface area contributed by atoms with E-state index in [0.717, 1.165) is 5.56 Å². The summed E-state index contributed by atoms with van der Waals surface area (Å²) in [6.45, 7) is 1.03. The predicted octanol–water partition coefficient (Wildman–Crippen LogP) is 3.54. The van der Waals surface area contributed by atoms with Crippen molar-refractivity contribution in [2.24, 2.45) is 0 Å². The van der Waals surface area contributed by atoms with E-state index in [1.165, 1.54) is 18.5 Å². The molecule has 138 valence electrons. The Kier molecular flexibility index (Phi) is 6.10. The van der Waals surface area contributed by atoms with E-state index in [1.807, 2.05) is 36.4 Å². The number of amides is 1. The molecule has 0 bridgehead atoms. The third-order valence-corrected chi connectivity index (χ3v) is 4.14. The zero-order chi connectivity index (χ0) is 19.1. The van der Waals surface area contributed by atoms with Crippen LogP contribution in [0.2, 0.25) is 0 Å². The van der Waals surface area contributed by atoms with Gasteiger partial charge in [0.05, 0.1) is 12.4 Å². The van der Waals surface area contributed by atoms with Gasteiger partial charge in [-0.25, -0.2) is 14.4 Å². The van der Waals surface area contributed by atoms with Gasteiger partial charge in [0, 0.05) is 20.1 Å². The normalized spacial score (nSPS) is 10.4. The lowest BCUT2D eigenvalue weighted by Crippen LogP contribution is -2.27. The number of nitrogens with one attached hydrogen (secondary N) is 1. The maximum Gasteiger partial charge on any atom is 0.274 e. The zero-order valence-corrected chi connectivity index (χ0v) is 15.1. The Morgan fingerprint density at radius 2 is 1.78 bits per heavy atom. The van der Waals surface area contributed by atoms with Crippen LogP contribution in [0.25, 0.3) is 0 Å². The minimum atomic E-state index is -0.215. The molecule has 5 nitrogen and oxygen atoms in total. The van der Waals surface area contributed by atoms with Crippen LogP contribution in [0.1, 0.15) is 21.6 Å². The van der Waals surface area contributed by atoms with E-state index < -0.39 is 0 Å². The third kappa shape index (κ3) is 5.10. The molecule has 1 heterocycles. The maximum atomic E-state index is 13.6. The second-order valence-corrected chi connectivity index (χ2v) is 6.20. The third-order valence-electron chi connectivity index (χ3n) is 4.14. The highest BCUT2D eigenvalue weighted by atomic mass is 19.1. The van der Waals surface area contributed by atoms with E-state index >= 15 is 0 Å². The van der Waals surface area contributed by atoms with E-state index in [4.69, 9.17) is 0 Å². The van der Waals surface area contributed by atoms with Gasteiger partial charge in [-0.1, -0.05) is 48.5 Å². The molecular formula is C21H21FN4O.